The normalized spacial score (nSPS) is 28.0. The summed E-state index contributed by atoms with van der Waals surface area (Å²) in [6.07, 6.45) is 4.02. The van der Waals surface area contributed by atoms with Crippen molar-refractivity contribution in [3.63, 3.8) is 0 Å². The Labute approximate surface area is 331 Å². The van der Waals surface area contributed by atoms with Crippen molar-refractivity contribution in [1.29, 1.82) is 0 Å². The van der Waals surface area contributed by atoms with E-state index in [1.807, 2.05) is 0 Å². The molecule has 306 valence electrons. The molecule has 1 spiro atoms. The van der Waals surface area contributed by atoms with Crippen molar-refractivity contribution >= 4 is 45.6 Å². The molecule has 3 aliphatic heterocycles. The maximum absolute atomic E-state index is 14.5. The van der Waals surface area contributed by atoms with E-state index in [2.05, 4.69) is 27.3 Å². The first-order valence-electron chi connectivity index (χ1n) is 19.7. The molecule has 3 fully saturated rings. The van der Waals surface area contributed by atoms with Crippen LogP contribution in [0, 0.1) is 11.7 Å². The lowest BCUT2D eigenvalue weighted by Crippen LogP contribution is -2.58. The number of halogens is 1. The van der Waals surface area contributed by atoms with Gasteiger partial charge in [0, 0.05) is 36.7 Å². The van der Waals surface area contributed by atoms with Crippen LogP contribution in [0.5, 0.6) is 0 Å². The summed E-state index contributed by atoms with van der Waals surface area (Å²) in [5.74, 6) is -3.86. The SMILES string of the molecule is C=C[C@@H]1C[C@@]12NC(=O)[C@@H]1C[C@@H](OC(=O)N3Cc4cccc(F)c4C3)CN1C(=O)[C@@H](NC(=O)OC1CCCC1)CCCCCNc1cccc(c1)CS(=O)(=O)NC2=O. The number of ether oxygens (including phenoxy) is 2. The fourth-order valence-corrected chi connectivity index (χ4v) is 9.53. The molecular formula is C40H49FN6O9S. The quantitative estimate of drug-likeness (QED) is 0.329. The van der Waals surface area contributed by atoms with E-state index in [-0.39, 0.29) is 45.0 Å². The molecule has 0 radical (unpaired) electrons. The minimum Gasteiger partial charge on any atom is -0.446 e. The van der Waals surface area contributed by atoms with Crippen LogP contribution in [0.1, 0.15) is 80.9 Å². The van der Waals surface area contributed by atoms with Gasteiger partial charge in [0.05, 0.1) is 18.8 Å². The van der Waals surface area contributed by atoms with Gasteiger partial charge in [0.25, 0.3) is 5.91 Å². The first-order valence-corrected chi connectivity index (χ1v) is 21.3. The maximum atomic E-state index is 14.5. The number of rotatable bonds is 4. The van der Waals surface area contributed by atoms with Crippen LogP contribution in [0.15, 0.2) is 55.1 Å². The second kappa shape index (κ2) is 16.7. The van der Waals surface area contributed by atoms with Crippen LogP contribution >= 0.6 is 0 Å². The number of nitrogens with zero attached hydrogens (tertiary/aromatic N) is 2. The summed E-state index contributed by atoms with van der Waals surface area (Å²) >= 11 is 0. The zero-order valence-electron chi connectivity index (χ0n) is 31.7. The molecule has 2 bridgehead atoms. The van der Waals surface area contributed by atoms with Gasteiger partial charge in [0.15, 0.2) is 0 Å². The van der Waals surface area contributed by atoms with E-state index in [1.54, 1.807) is 36.4 Å². The number of amides is 5. The van der Waals surface area contributed by atoms with Crippen molar-refractivity contribution in [1.82, 2.24) is 25.2 Å². The number of fused-ring (bicyclic) bond motifs is 4. The van der Waals surface area contributed by atoms with Crippen LogP contribution in [-0.4, -0.2) is 91.0 Å². The van der Waals surface area contributed by atoms with Crippen LogP contribution in [0.2, 0.25) is 0 Å². The van der Waals surface area contributed by atoms with Gasteiger partial charge in [-0.3, -0.25) is 24.0 Å². The Morgan fingerprint density at radius 3 is 2.49 bits per heavy atom. The molecule has 0 unspecified atom stereocenters. The number of anilines is 1. The van der Waals surface area contributed by atoms with Crippen LogP contribution in [0.3, 0.4) is 0 Å². The summed E-state index contributed by atoms with van der Waals surface area (Å²) in [4.78, 5) is 71.8. The Hall–Kier alpha value is -5.19. The molecule has 15 nitrogen and oxygen atoms in total. The predicted molar refractivity (Wildman–Crippen MR) is 205 cm³/mol. The van der Waals surface area contributed by atoms with Crippen LogP contribution < -0.4 is 20.7 Å². The Balaban J connectivity index is 1.15. The Morgan fingerprint density at radius 1 is 0.965 bits per heavy atom. The monoisotopic (exact) mass is 808 g/mol. The molecule has 5 aliphatic rings. The number of hydrogen-bond acceptors (Lipinski definition) is 10. The lowest BCUT2D eigenvalue weighted by atomic mass is 10.1. The molecule has 57 heavy (non-hydrogen) atoms. The van der Waals surface area contributed by atoms with Crippen molar-refractivity contribution in [3.05, 3.63) is 77.6 Å². The Morgan fingerprint density at radius 2 is 1.74 bits per heavy atom. The van der Waals surface area contributed by atoms with Crippen molar-refractivity contribution in [2.75, 3.05) is 18.4 Å². The van der Waals surface area contributed by atoms with Gasteiger partial charge in [-0.2, -0.15) is 0 Å². The molecule has 0 aromatic heterocycles. The molecule has 2 aromatic rings. The van der Waals surface area contributed by atoms with Crippen LogP contribution in [-0.2, 0) is 52.7 Å². The Bertz CT molecular complexity index is 2030. The highest BCUT2D eigenvalue weighted by Gasteiger charge is 2.61. The topological polar surface area (TPSA) is 193 Å². The van der Waals surface area contributed by atoms with Gasteiger partial charge in [-0.1, -0.05) is 43.2 Å². The zero-order valence-corrected chi connectivity index (χ0v) is 32.5. The Kier molecular flexibility index (Phi) is 11.7. The molecule has 4 N–H and O–H groups in total. The minimum atomic E-state index is -4.22. The third kappa shape index (κ3) is 9.18. The van der Waals surface area contributed by atoms with Gasteiger partial charge >= 0.3 is 12.2 Å². The lowest BCUT2D eigenvalue weighted by molar-refractivity contribution is -0.141. The van der Waals surface area contributed by atoms with Crippen molar-refractivity contribution in [2.45, 2.75) is 113 Å². The molecule has 1 saturated heterocycles. The first kappa shape index (κ1) is 40.0. The zero-order chi connectivity index (χ0) is 40.3. The first-order chi connectivity index (χ1) is 27.3. The van der Waals surface area contributed by atoms with Gasteiger partial charge < -0.3 is 30.3 Å². The lowest BCUT2D eigenvalue weighted by Gasteiger charge is -2.30. The van der Waals surface area contributed by atoms with E-state index < -0.39 is 81.1 Å². The van der Waals surface area contributed by atoms with Gasteiger partial charge in [-0.15, -0.1) is 6.58 Å². The molecule has 5 atom stereocenters. The van der Waals surface area contributed by atoms with Gasteiger partial charge in [-0.05, 0) is 74.3 Å². The molecule has 7 rings (SSSR count). The van der Waals surface area contributed by atoms with E-state index in [0.29, 0.717) is 48.2 Å². The summed E-state index contributed by atoms with van der Waals surface area (Å²) in [7, 11) is -4.22. The molecular weight excluding hydrogens is 760 g/mol. The van der Waals surface area contributed by atoms with E-state index in [0.717, 1.165) is 25.7 Å². The number of benzene rings is 2. The highest BCUT2D eigenvalue weighted by molar-refractivity contribution is 7.89. The minimum absolute atomic E-state index is 0.0145. The largest absolute Gasteiger partial charge is 0.446 e. The van der Waals surface area contributed by atoms with Crippen molar-refractivity contribution in [3.8, 4) is 0 Å². The molecule has 2 aliphatic carbocycles. The molecule has 3 heterocycles. The average Bonchev–Trinajstić information content (AvgIpc) is 3.57. The number of alkyl carbamates (subject to hydrolysis) is 1. The standard InChI is InChI=1S/C40H49FN6O9S/c1-2-27-20-40(27)37(50)45-57(53,54)24-25-10-8-12-28(18-25)42-17-7-3-4-16-33(43-38(51)55-29-13-5-6-14-29)36(49)47-22-30(19-34(47)35(48)44-40)56-39(52)46-21-26-11-9-15-32(41)31(26)23-46/h2,8-12,15,18,27,29-30,33-34,42H,1,3-7,13-14,16-17,19-24H2,(H,43,51)(H,44,48)(H,45,50)/t27-,30-,33+,34+,40-/m1/s1. The van der Waals surface area contributed by atoms with Crippen LogP contribution in [0.4, 0.5) is 19.7 Å². The predicted octanol–water partition coefficient (Wildman–Crippen LogP) is 3.98. The van der Waals surface area contributed by atoms with Gasteiger partial charge in [0.2, 0.25) is 21.8 Å². The van der Waals surface area contributed by atoms with E-state index in [9.17, 15) is 36.8 Å². The summed E-state index contributed by atoms with van der Waals surface area (Å²) in [5, 5.41) is 8.76. The smallest absolute Gasteiger partial charge is 0.410 e. The number of nitrogens with one attached hydrogen (secondary N) is 4. The second-order valence-corrected chi connectivity index (χ2v) is 17.4. The summed E-state index contributed by atoms with van der Waals surface area (Å²) in [5.41, 5.74) is 0.496. The fourth-order valence-electron chi connectivity index (χ4n) is 8.37. The molecule has 17 heteroatoms. The molecule has 2 aromatic carbocycles. The number of carbonyl (C=O) groups is 5. The van der Waals surface area contributed by atoms with Crippen molar-refractivity contribution in [2.24, 2.45) is 5.92 Å². The van der Waals surface area contributed by atoms with Gasteiger partial charge in [-0.25, -0.2) is 22.4 Å². The fraction of sp³-hybridized carbons (Fsp3) is 0.525. The third-order valence-electron chi connectivity index (χ3n) is 11.5. The summed E-state index contributed by atoms with van der Waals surface area (Å²) in [6.45, 7) is 4.20. The van der Waals surface area contributed by atoms with E-state index in [1.165, 1.54) is 21.9 Å². The number of sulfonamides is 1. The highest BCUT2D eigenvalue weighted by Crippen LogP contribution is 2.45. The maximum Gasteiger partial charge on any atom is 0.410 e. The molecule has 5 amide bonds. The third-order valence-corrected chi connectivity index (χ3v) is 12.8. The molecule has 2 saturated carbocycles. The summed E-state index contributed by atoms with van der Waals surface area (Å²) in [6, 6.07) is 9.08. The average molecular weight is 809 g/mol. The number of carbonyl (C=O) groups excluding carboxylic acids is 5. The number of hydrogen-bond donors (Lipinski definition) is 4. The van der Waals surface area contributed by atoms with Crippen molar-refractivity contribution < 1.29 is 46.3 Å². The van der Waals surface area contributed by atoms with Gasteiger partial charge in [0.1, 0.15) is 35.6 Å². The highest BCUT2D eigenvalue weighted by atomic mass is 32.2. The summed E-state index contributed by atoms with van der Waals surface area (Å²) < 4.78 is 54.7. The van der Waals surface area contributed by atoms with E-state index in [4.69, 9.17) is 9.47 Å². The van der Waals surface area contributed by atoms with Crippen LogP contribution in [0.25, 0.3) is 0 Å². The second-order valence-electron chi connectivity index (χ2n) is 15.7. The van der Waals surface area contributed by atoms with E-state index >= 15 is 0 Å².